The summed E-state index contributed by atoms with van der Waals surface area (Å²) in [5.74, 6) is 1.76. The van der Waals surface area contributed by atoms with Gasteiger partial charge in [-0.05, 0) is 90.1 Å². The highest BCUT2D eigenvalue weighted by Crippen LogP contribution is 2.46. The van der Waals surface area contributed by atoms with Crippen molar-refractivity contribution in [1.29, 1.82) is 0 Å². The van der Waals surface area contributed by atoms with Crippen LogP contribution < -0.4 is 25.2 Å². The fourth-order valence-corrected chi connectivity index (χ4v) is 15.0. The average Bonchev–Trinajstić information content (AvgIpc) is 4.03. The number of rotatable bonds is 12. The SMILES string of the molecule is CC(C)(C)[S@@+]([O-])N1Cc2cc(C(=O)NCc3ccc4c(c3)OCO4)nc(-c3cccc(-c4cc5ccccc5o4)c3)c2C1CCO[Si](c1ccccc1)(c1ccccc1)C(C)(C)C. The lowest BCUT2D eigenvalue weighted by molar-refractivity contribution is 0.0945. The van der Waals surface area contributed by atoms with E-state index in [-0.39, 0.29) is 36.0 Å². The maximum Gasteiger partial charge on any atom is 0.270 e. The van der Waals surface area contributed by atoms with Crippen LogP contribution in [0.1, 0.15) is 81.2 Å². The summed E-state index contributed by atoms with van der Waals surface area (Å²) in [4.78, 5) is 19.4. The molecule has 0 fully saturated rings. The van der Waals surface area contributed by atoms with Crippen molar-refractivity contribution in [3.8, 4) is 34.1 Å². The summed E-state index contributed by atoms with van der Waals surface area (Å²) in [6, 6.07) is 46.6. The van der Waals surface area contributed by atoms with Crippen LogP contribution in [0.15, 0.2) is 144 Å². The third-order valence-electron chi connectivity index (χ3n) is 12.0. The number of carbonyl (C=O) groups excluding carboxylic acids is 1. The van der Waals surface area contributed by atoms with Gasteiger partial charge in [-0.1, -0.05) is 124 Å². The number of furan rings is 1. The van der Waals surface area contributed by atoms with Gasteiger partial charge in [0, 0.05) is 46.6 Å². The van der Waals surface area contributed by atoms with Gasteiger partial charge in [-0.3, -0.25) is 4.79 Å². The molecule has 2 aliphatic rings. The number of ether oxygens (including phenoxy) is 2. The fraction of sp³-hybridized carbons (Fsp3) is 0.269. The molecule has 0 saturated heterocycles. The normalized spacial score (nSPS) is 15.7. The van der Waals surface area contributed by atoms with Gasteiger partial charge in [-0.25, -0.2) is 4.98 Å². The largest absolute Gasteiger partial charge is 0.597 e. The first-order valence-electron chi connectivity index (χ1n) is 21.5. The zero-order valence-corrected chi connectivity index (χ0v) is 38.5. The fourth-order valence-electron chi connectivity index (χ4n) is 9.04. The molecule has 7 aromatic rings. The summed E-state index contributed by atoms with van der Waals surface area (Å²) in [7, 11) is -2.89. The Kier molecular flexibility index (Phi) is 11.6. The summed E-state index contributed by atoms with van der Waals surface area (Å²) >= 11 is -1.41. The maximum atomic E-state index is 14.7. The van der Waals surface area contributed by atoms with E-state index in [4.69, 9.17) is 23.3 Å². The second-order valence-corrected chi connectivity index (χ2v) is 24.8. The van der Waals surface area contributed by atoms with Gasteiger partial charge in [-0.15, -0.1) is 4.31 Å². The Labute approximate surface area is 373 Å². The molecule has 2 aromatic heterocycles. The molecule has 4 heterocycles. The highest BCUT2D eigenvalue weighted by Gasteiger charge is 2.51. The van der Waals surface area contributed by atoms with Crippen LogP contribution in [-0.2, 0) is 28.9 Å². The van der Waals surface area contributed by atoms with Gasteiger partial charge in [0.15, 0.2) is 11.5 Å². The summed E-state index contributed by atoms with van der Waals surface area (Å²) < 4.78 is 41.1. The predicted molar refractivity (Wildman–Crippen MR) is 253 cm³/mol. The van der Waals surface area contributed by atoms with Crippen molar-refractivity contribution in [1.82, 2.24) is 14.6 Å². The van der Waals surface area contributed by atoms with Gasteiger partial charge in [-0.2, -0.15) is 0 Å². The van der Waals surface area contributed by atoms with Crippen LogP contribution in [0, 0.1) is 0 Å². The monoisotopic (exact) mass is 875 g/mol. The highest BCUT2D eigenvalue weighted by atomic mass is 32.2. The van der Waals surface area contributed by atoms with Crippen LogP contribution >= 0.6 is 0 Å². The number of hydrogen-bond acceptors (Lipinski definition) is 8. The maximum absolute atomic E-state index is 14.7. The Morgan fingerprint density at radius 3 is 2.19 bits per heavy atom. The topological polar surface area (TPSA) is 109 Å². The molecular weight excluding hydrogens is 823 g/mol. The van der Waals surface area contributed by atoms with E-state index in [0.29, 0.717) is 36.8 Å². The summed E-state index contributed by atoms with van der Waals surface area (Å²) in [6.07, 6.45) is 0.549. The number of nitrogens with zero attached hydrogens (tertiary/aromatic N) is 2. The van der Waals surface area contributed by atoms with Crippen molar-refractivity contribution in [3.63, 3.8) is 0 Å². The molecule has 1 amide bonds. The molecule has 0 bridgehead atoms. The number of pyridine rings is 1. The molecule has 1 unspecified atom stereocenters. The van der Waals surface area contributed by atoms with Crippen LogP contribution in [-0.4, -0.2) is 46.2 Å². The Hall–Kier alpha value is -5.69. The summed E-state index contributed by atoms with van der Waals surface area (Å²) in [6.45, 7) is 14.1. The third-order valence-corrected chi connectivity index (χ3v) is 18.9. The average molecular weight is 876 g/mol. The molecule has 1 N–H and O–H groups in total. The number of nitrogens with one attached hydrogen (secondary N) is 1. The molecule has 2 atom stereocenters. The van der Waals surface area contributed by atoms with Crippen LogP contribution in [0.2, 0.25) is 5.04 Å². The van der Waals surface area contributed by atoms with E-state index in [2.05, 4.69) is 97.1 Å². The predicted octanol–water partition coefficient (Wildman–Crippen LogP) is 10.1. The molecule has 0 saturated carbocycles. The number of hydrogen-bond donors (Lipinski definition) is 1. The van der Waals surface area contributed by atoms with Crippen molar-refractivity contribution >= 4 is 46.9 Å². The van der Waals surface area contributed by atoms with Gasteiger partial charge in [0.2, 0.25) is 6.79 Å². The lowest BCUT2D eigenvalue weighted by Crippen LogP contribution is -2.66. The smallest absolute Gasteiger partial charge is 0.270 e. The van der Waals surface area contributed by atoms with Gasteiger partial charge < -0.3 is 28.2 Å². The van der Waals surface area contributed by atoms with Gasteiger partial charge in [0.05, 0.1) is 18.3 Å². The first kappa shape index (κ1) is 42.6. The van der Waals surface area contributed by atoms with E-state index in [1.54, 1.807) is 0 Å². The summed E-state index contributed by atoms with van der Waals surface area (Å²) in [5.41, 5.74) is 6.21. The van der Waals surface area contributed by atoms with Crippen LogP contribution in [0.5, 0.6) is 11.5 Å². The Morgan fingerprint density at radius 2 is 1.49 bits per heavy atom. The number of aromatic nitrogens is 1. The minimum atomic E-state index is -2.89. The molecule has 0 radical (unpaired) electrons. The van der Waals surface area contributed by atoms with Crippen molar-refractivity contribution in [2.24, 2.45) is 0 Å². The molecule has 63 heavy (non-hydrogen) atoms. The van der Waals surface area contributed by atoms with Crippen LogP contribution in [0.4, 0.5) is 0 Å². The van der Waals surface area contributed by atoms with Crippen molar-refractivity contribution < 1.29 is 27.7 Å². The van der Waals surface area contributed by atoms with E-state index in [1.165, 1.54) is 10.4 Å². The molecule has 0 aliphatic carbocycles. The Balaban J connectivity index is 1.13. The Morgan fingerprint density at radius 1 is 0.810 bits per heavy atom. The van der Waals surface area contributed by atoms with Crippen LogP contribution in [0.25, 0.3) is 33.6 Å². The molecule has 2 aliphatic heterocycles. The van der Waals surface area contributed by atoms with Crippen molar-refractivity contribution in [3.05, 3.63) is 162 Å². The van der Waals surface area contributed by atoms with Gasteiger partial charge in [0.25, 0.3) is 14.2 Å². The molecule has 9 nitrogen and oxygen atoms in total. The molecule has 11 heteroatoms. The zero-order valence-electron chi connectivity index (χ0n) is 36.6. The Bertz CT molecular complexity index is 2690. The van der Waals surface area contributed by atoms with E-state index in [1.807, 2.05) is 93.6 Å². The van der Waals surface area contributed by atoms with E-state index in [9.17, 15) is 9.35 Å². The van der Waals surface area contributed by atoms with Crippen molar-refractivity contribution in [2.75, 3.05) is 13.4 Å². The van der Waals surface area contributed by atoms with E-state index >= 15 is 0 Å². The zero-order chi connectivity index (χ0) is 43.9. The molecular formula is C52H53N3O6SSi. The second-order valence-electron chi connectivity index (χ2n) is 18.3. The lowest BCUT2D eigenvalue weighted by Gasteiger charge is -2.43. The molecule has 5 aromatic carbocycles. The van der Waals surface area contributed by atoms with Crippen molar-refractivity contribution in [2.45, 2.75) is 76.9 Å². The molecule has 0 spiro atoms. The standard InChI is InChI=1S/C52H53N3O6SSi/c1-51(2,3)62(57)55-33-39-30-42(50(56)53-32-35-24-25-45-47(28-35)59-34-58-45)54-49(38-18-15-17-36(29-38)46-31-37-16-13-14-23-44(37)61-46)48(39)43(55)26-27-60-63(52(4,5)6,40-19-9-7-10-20-40)41-21-11-8-12-22-41/h7-25,28-31,43H,26-27,32-34H2,1-6H3,(H,53,56)/t43?,62-/m1/s1. The highest BCUT2D eigenvalue weighted by molar-refractivity contribution is 7.90. The van der Waals surface area contributed by atoms with Gasteiger partial charge >= 0.3 is 0 Å². The number of fused-ring (bicyclic) bond motifs is 3. The second kappa shape index (κ2) is 17.1. The summed E-state index contributed by atoms with van der Waals surface area (Å²) in [5, 5.41) is 6.29. The minimum Gasteiger partial charge on any atom is -0.597 e. The quantitative estimate of drug-likeness (QED) is 0.0955. The number of para-hydroxylation sites is 1. The first-order valence-corrected chi connectivity index (χ1v) is 24.6. The van der Waals surface area contributed by atoms with E-state index < -0.39 is 24.4 Å². The lowest BCUT2D eigenvalue weighted by atomic mass is 9.95. The number of benzene rings is 5. The third kappa shape index (κ3) is 8.32. The molecule has 9 rings (SSSR count). The van der Waals surface area contributed by atoms with E-state index in [0.717, 1.165) is 44.5 Å². The number of amides is 1. The first-order chi connectivity index (χ1) is 30.3. The minimum absolute atomic E-state index is 0.175. The van der Waals surface area contributed by atoms with Crippen LogP contribution in [0.3, 0.4) is 0 Å². The van der Waals surface area contributed by atoms with Gasteiger partial charge in [0.1, 0.15) is 21.8 Å². The molecule has 322 valence electrons. The number of carbonyl (C=O) groups is 1.